The average Bonchev–Trinajstić information content (AvgIpc) is 3.37. The van der Waals surface area contributed by atoms with Crippen molar-refractivity contribution in [2.75, 3.05) is 4.72 Å². The fraction of sp³-hybridized carbons (Fsp3) is 0. The van der Waals surface area contributed by atoms with E-state index >= 15 is 0 Å². The van der Waals surface area contributed by atoms with Gasteiger partial charge in [0, 0.05) is 11.3 Å². The fourth-order valence-corrected chi connectivity index (χ4v) is 4.99. The molecule has 1 aromatic heterocycles. The van der Waals surface area contributed by atoms with Crippen molar-refractivity contribution in [2.45, 2.75) is 4.21 Å². The van der Waals surface area contributed by atoms with E-state index in [0.717, 1.165) is 28.0 Å². The van der Waals surface area contributed by atoms with E-state index in [2.05, 4.69) is 15.2 Å². The van der Waals surface area contributed by atoms with Crippen LogP contribution in [-0.4, -0.2) is 20.5 Å². The Morgan fingerprint density at radius 3 is 2.16 bits per heavy atom. The van der Waals surface area contributed by atoms with Gasteiger partial charge < -0.3 is 0 Å². The number of amides is 1. The largest absolute Gasteiger partial charge is 0.279 e. The first-order valence-electron chi connectivity index (χ1n) is 9.66. The number of nitrogens with zero attached hydrogens (tertiary/aromatic N) is 1. The van der Waals surface area contributed by atoms with Crippen molar-refractivity contribution < 1.29 is 13.2 Å². The van der Waals surface area contributed by atoms with Crippen molar-refractivity contribution in [2.24, 2.45) is 5.10 Å². The van der Waals surface area contributed by atoms with Crippen LogP contribution in [0.2, 0.25) is 0 Å². The molecule has 4 aromatic rings. The highest BCUT2D eigenvalue weighted by molar-refractivity contribution is 7.94. The standard InChI is InChI=1S/C24H19N3O3S2/c28-24(21-12-14-22(15-13-21)27-32(29,30)23-7-4-16-31-23)26-25-17-18-8-10-20(11-9-18)19-5-2-1-3-6-19/h1-17,27H,(H,26,28)/b25-17-. The van der Waals surface area contributed by atoms with Crippen LogP contribution in [0.25, 0.3) is 11.1 Å². The lowest BCUT2D eigenvalue weighted by atomic mass is 10.0. The molecular weight excluding hydrogens is 442 g/mol. The lowest BCUT2D eigenvalue weighted by Crippen LogP contribution is -2.17. The van der Waals surface area contributed by atoms with Crippen LogP contribution in [0.15, 0.2) is 106 Å². The summed E-state index contributed by atoms with van der Waals surface area (Å²) >= 11 is 1.13. The van der Waals surface area contributed by atoms with Gasteiger partial charge in [-0.1, -0.05) is 60.7 Å². The van der Waals surface area contributed by atoms with Crippen LogP contribution in [0, 0.1) is 0 Å². The molecule has 1 amide bonds. The molecule has 0 unspecified atom stereocenters. The van der Waals surface area contributed by atoms with Crippen LogP contribution >= 0.6 is 11.3 Å². The molecule has 3 aromatic carbocycles. The molecule has 0 fully saturated rings. The number of carbonyl (C=O) groups is 1. The van der Waals surface area contributed by atoms with E-state index in [1.54, 1.807) is 17.7 Å². The van der Waals surface area contributed by atoms with Crippen LogP contribution in [0.1, 0.15) is 15.9 Å². The van der Waals surface area contributed by atoms with Gasteiger partial charge in [-0.25, -0.2) is 13.8 Å². The van der Waals surface area contributed by atoms with Gasteiger partial charge in [0.2, 0.25) is 0 Å². The molecule has 0 saturated carbocycles. The Kier molecular flexibility index (Phi) is 6.44. The smallest absolute Gasteiger partial charge is 0.271 e. The number of rotatable bonds is 7. The molecule has 2 N–H and O–H groups in total. The Hall–Kier alpha value is -3.75. The van der Waals surface area contributed by atoms with Gasteiger partial charge in [0.15, 0.2) is 0 Å². The predicted octanol–water partition coefficient (Wildman–Crippen LogP) is 4.98. The summed E-state index contributed by atoms with van der Waals surface area (Å²) in [5.41, 5.74) is 6.29. The molecule has 0 aliphatic heterocycles. The van der Waals surface area contributed by atoms with Gasteiger partial charge in [0.05, 0.1) is 6.21 Å². The minimum Gasteiger partial charge on any atom is -0.279 e. The highest BCUT2D eigenvalue weighted by Crippen LogP contribution is 2.21. The molecule has 4 rings (SSSR count). The third kappa shape index (κ3) is 5.29. The van der Waals surface area contributed by atoms with E-state index < -0.39 is 15.9 Å². The zero-order valence-electron chi connectivity index (χ0n) is 16.8. The molecule has 0 spiro atoms. The molecule has 32 heavy (non-hydrogen) atoms. The molecule has 6 nitrogen and oxygen atoms in total. The van der Waals surface area contributed by atoms with Crippen molar-refractivity contribution in [3.05, 3.63) is 108 Å². The molecule has 0 atom stereocenters. The molecule has 0 radical (unpaired) electrons. The lowest BCUT2D eigenvalue weighted by molar-refractivity contribution is 0.0955. The number of sulfonamides is 1. The Bertz CT molecular complexity index is 1320. The Morgan fingerprint density at radius 1 is 0.812 bits per heavy atom. The molecule has 8 heteroatoms. The van der Waals surface area contributed by atoms with Gasteiger partial charge in [0.1, 0.15) is 4.21 Å². The third-order valence-corrected chi connectivity index (χ3v) is 7.34. The summed E-state index contributed by atoms with van der Waals surface area (Å²) in [6, 6.07) is 27.2. The maximum Gasteiger partial charge on any atom is 0.271 e. The Morgan fingerprint density at radius 2 is 1.50 bits per heavy atom. The Balaban J connectivity index is 1.34. The first-order chi connectivity index (χ1) is 15.5. The number of thiophene rings is 1. The maximum atomic E-state index is 12.3. The zero-order valence-corrected chi connectivity index (χ0v) is 18.4. The van der Waals surface area contributed by atoms with Crippen molar-refractivity contribution in [1.82, 2.24) is 5.43 Å². The molecule has 0 bridgehead atoms. The van der Waals surface area contributed by atoms with E-state index in [-0.39, 0.29) is 4.21 Å². The van der Waals surface area contributed by atoms with Crippen LogP contribution in [0.3, 0.4) is 0 Å². The van der Waals surface area contributed by atoms with Gasteiger partial charge in [-0.05, 0) is 52.4 Å². The highest BCUT2D eigenvalue weighted by Gasteiger charge is 2.15. The summed E-state index contributed by atoms with van der Waals surface area (Å²) in [5.74, 6) is -0.394. The van der Waals surface area contributed by atoms with Crippen molar-refractivity contribution >= 4 is 39.2 Å². The van der Waals surface area contributed by atoms with Crippen LogP contribution in [0.4, 0.5) is 5.69 Å². The van der Waals surface area contributed by atoms with Crippen molar-refractivity contribution in [1.29, 1.82) is 0 Å². The van der Waals surface area contributed by atoms with Crippen LogP contribution in [0.5, 0.6) is 0 Å². The van der Waals surface area contributed by atoms with Gasteiger partial charge in [-0.3, -0.25) is 9.52 Å². The van der Waals surface area contributed by atoms with Gasteiger partial charge in [-0.2, -0.15) is 5.10 Å². The van der Waals surface area contributed by atoms with Gasteiger partial charge in [-0.15, -0.1) is 11.3 Å². The molecule has 0 aliphatic rings. The monoisotopic (exact) mass is 461 g/mol. The average molecular weight is 462 g/mol. The minimum atomic E-state index is -3.62. The van der Waals surface area contributed by atoms with Gasteiger partial charge >= 0.3 is 0 Å². The maximum absolute atomic E-state index is 12.3. The second-order valence-corrected chi connectivity index (χ2v) is 9.66. The van der Waals surface area contributed by atoms with E-state index in [1.807, 2.05) is 54.6 Å². The van der Waals surface area contributed by atoms with Crippen molar-refractivity contribution in [3.63, 3.8) is 0 Å². The lowest BCUT2D eigenvalue weighted by Gasteiger charge is -2.07. The molecular formula is C24H19N3O3S2. The Labute approximate surface area is 190 Å². The first kappa shape index (κ1) is 21.5. The molecule has 0 saturated heterocycles. The second kappa shape index (κ2) is 9.59. The SMILES string of the molecule is O=C(N/N=C\c1ccc(-c2ccccc2)cc1)c1ccc(NS(=O)(=O)c2cccs2)cc1. The number of nitrogens with one attached hydrogen (secondary N) is 2. The summed E-state index contributed by atoms with van der Waals surface area (Å²) in [4.78, 5) is 12.3. The molecule has 1 heterocycles. The van der Waals surface area contributed by atoms with E-state index in [0.29, 0.717) is 11.3 Å². The van der Waals surface area contributed by atoms with Crippen molar-refractivity contribution in [3.8, 4) is 11.1 Å². The summed E-state index contributed by atoms with van der Waals surface area (Å²) in [6.45, 7) is 0. The topological polar surface area (TPSA) is 87.6 Å². The summed E-state index contributed by atoms with van der Waals surface area (Å²) in [5, 5.41) is 5.70. The number of anilines is 1. The molecule has 160 valence electrons. The van der Waals surface area contributed by atoms with E-state index in [4.69, 9.17) is 0 Å². The second-order valence-electron chi connectivity index (χ2n) is 6.80. The van der Waals surface area contributed by atoms with Gasteiger partial charge in [0.25, 0.3) is 15.9 Å². The number of hydrazone groups is 1. The number of benzene rings is 3. The predicted molar refractivity (Wildman–Crippen MR) is 129 cm³/mol. The molecule has 0 aliphatic carbocycles. The van der Waals surface area contributed by atoms with Crippen LogP contribution in [-0.2, 0) is 10.0 Å². The fourth-order valence-electron chi connectivity index (χ4n) is 2.93. The minimum absolute atomic E-state index is 0.227. The van der Waals surface area contributed by atoms with E-state index in [9.17, 15) is 13.2 Å². The first-order valence-corrected chi connectivity index (χ1v) is 12.0. The summed E-state index contributed by atoms with van der Waals surface area (Å²) in [6.07, 6.45) is 1.57. The summed E-state index contributed by atoms with van der Waals surface area (Å²) in [7, 11) is -3.62. The highest BCUT2D eigenvalue weighted by atomic mass is 32.2. The third-order valence-electron chi connectivity index (χ3n) is 4.56. The van der Waals surface area contributed by atoms with E-state index in [1.165, 1.54) is 30.3 Å². The van der Waals surface area contributed by atoms with Crippen LogP contribution < -0.4 is 10.1 Å². The zero-order chi connectivity index (χ0) is 22.4. The quantitative estimate of drug-likeness (QED) is 0.301. The number of carbonyl (C=O) groups excluding carboxylic acids is 1. The number of hydrogen-bond donors (Lipinski definition) is 2. The summed E-state index contributed by atoms with van der Waals surface area (Å²) < 4.78 is 27.2. The normalized spacial score (nSPS) is 11.4. The number of hydrogen-bond acceptors (Lipinski definition) is 5.